The van der Waals surface area contributed by atoms with Crippen LogP contribution < -0.4 is 0 Å². The molecule has 2 aliphatic rings. The minimum Gasteiger partial charge on any atom is -0.339 e. The van der Waals surface area contributed by atoms with Gasteiger partial charge in [0.05, 0.1) is 15.2 Å². The van der Waals surface area contributed by atoms with Crippen molar-refractivity contribution in [2.75, 3.05) is 26.2 Å². The lowest BCUT2D eigenvalue weighted by molar-refractivity contribution is -0.140. The fraction of sp³-hybridized carbons (Fsp3) is 0.550. The van der Waals surface area contributed by atoms with Crippen molar-refractivity contribution in [1.82, 2.24) is 14.8 Å². The van der Waals surface area contributed by atoms with E-state index in [1.165, 1.54) is 4.70 Å². The number of aryl methyl sites for hydroxylation is 1. The molecule has 1 saturated carbocycles. The van der Waals surface area contributed by atoms with Crippen molar-refractivity contribution in [2.45, 2.75) is 38.5 Å². The molecule has 1 aliphatic heterocycles. The third kappa shape index (κ3) is 4.06. The lowest BCUT2D eigenvalue weighted by atomic mass is 10.1. The maximum Gasteiger partial charge on any atom is 0.225 e. The van der Waals surface area contributed by atoms with E-state index in [0.717, 1.165) is 42.6 Å². The minimum atomic E-state index is 0.229. The van der Waals surface area contributed by atoms with Crippen LogP contribution in [0.15, 0.2) is 24.3 Å². The fourth-order valence-corrected chi connectivity index (χ4v) is 4.51. The smallest absolute Gasteiger partial charge is 0.225 e. The van der Waals surface area contributed by atoms with Gasteiger partial charge in [0.1, 0.15) is 0 Å². The number of carbonyl (C=O) groups is 2. The summed E-state index contributed by atoms with van der Waals surface area (Å²) in [6.45, 7) is 2.78. The van der Waals surface area contributed by atoms with Crippen molar-refractivity contribution in [1.29, 1.82) is 0 Å². The number of amides is 2. The van der Waals surface area contributed by atoms with E-state index in [1.54, 1.807) is 11.3 Å². The van der Waals surface area contributed by atoms with Gasteiger partial charge >= 0.3 is 0 Å². The summed E-state index contributed by atoms with van der Waals surface area (Å²) in [4.78, 5) is 33.0. The van der Waals surface area contributed by atoms with Gasteiger partial charge in [-0.2, -0.15) is 0 Å². The number of thiazole rings is 1. The van der Waals surface area contributed by atoms with Crippen LogP contribution in [-0.2, 0) is 16.0 Å². The number of para-hydroxylation sites is 1. The molecule has 1 saturated heterocycles. The quantitative estimate of drug-likeness (QED) is 0.733. The van der Waals surface area contributed by atoms with Gasteiger partial charge < -0.3 is 9.80 Å². The summed E-state index contributed by atoms with van der Waals surface area (Å²) >= 11 is 1.75. The molecular weight excluding hydrogens is 346 g/mol. The first-order valence-corrected chi connectivity index (χ1v) is 10.4. The van der Waals surface area contributed by atoms with Crippen LogP contribution in [-0.4, -0.2) is 52.8 Å². The summed E-state index contributed by atoms with van der Waals surface area (Å²) in [5.74, 6) is 0.806. The molecule has 2 amide bonds. The van der Waals surface area contributed by atoms with Crippen LogP contribution in [0.1, 0.15) is 37.1 Å². The Morgan fingerprint density at radius 1 is 1.04 bits per heavy atom. The largest absolute Gasteiger partial charge is 0.339 e. The number of hydrogen-bond donors (Lipinski definition) is 0. The number of unbranched alkanes of at least 4 members (excludes halogenated alkanes) is 1. The molecule has 0 N–H and O–H groups in total. The summed E-state index contributed by atoms with van der Waals surface area (Å²) in [5.41, 5.74) is 1.07. The Labute approximate surface area is 158 Å². The van der Waals surface area contributed by atoms with Gasteiger partial charge in [0.2, 0.25) is 11.8 Å². The van der Waals surface area contributed by atoms with E-state index in [0.29, 0.717) is 38.5 Å². The second kappa shape index (κ2) is 7.74. The van der Waals surface area contributed by atoms with Crippen molar-refractivity contribution in [3.05, 3.63) is 29.3 Å². The van der Waals surface area contributed by atoms with E-state index in [1.807, 2.05) is 28.0 Å². The maximum absolute atomic E-state index is 12.4. The molecule has 26 heavy (non-hydrogen) atoms. The van der Waals surface area contributed by atoms with Crippen LogP contribution in [0.5, 0.6) is 0 Å². The van der Waals surface area contributed by atoms with Gasteiger partial charge in [-0.25, -0.2) is 4.98 Å². The first-order chi connectivity index (χ1) is 12.7. The van der Waals surface area contributed by atoms with E-state index in [9.17, 15) is 9.59 Å². The summed E-state index contributed by atoms with van der Waals surface area (Å²) in [5, 5.41) is 1.16. The molecule has 0 radical (unpaired) electrons. The van der Waals surface area contributed by atoms with Crippen LogP contribution in [0.4, 0.5) is 0 Å². The number of fused-ring (bicyclic) bond motifs is 1. The zero-order chi connectivity index (χ0) is 17.9. The minimum absolute atomic E-state index is 0.229. The lowest BCUT2D eigenvalue weighted by Gasteiger charge is -2.35. The molecule has 0 spiro atoms. The van der Waals surface area contributed by atoms with Gasteiger partial charge in [0.25, 0.3) is 0 Å². The zero-order valence-corrected chi connectivity index (χ0v) is 15.8. The lowest BCUT2D eigenvalue weighted by Crippen LogP contribution is -2.51. The number of aromatic nitrogens is 1. The summed E-state index contributed by atoms with van der Waals surface area (Å²) in [7, 11) is 0. The molecule has 0 unspecified atom stereocenters. The average molecular weight is 372 g/mol. The highest BCUT2D eigenvalue weighted by Crippen LogP contribution is 2.31. The van der Waals surface area contributed by atoms with E-state index >= 15 is 0 Å². The zero-order valence-electron chi connectivity index (χ0n) is 15.0. The van der Waals surface area contributed by atoms with E-state index in [2.05, 4.69) is 11.1 Å². The molecule has 138 valence electrons. The molecule has 0 atom stereocenters. The molecule has 1 aromatic carbocycles. The molecule has 4 rings (SSSR count). The molecule has 0 bridgehead atoms. The molecule has 2 fully saturated rings. The van der Waals surface area contributed by atoms with Crippen molar-refractivity contribution < 1.29 is 9.59 Å². The SMILES string of the molecule is O=C(CCCCc1nc2ccccc2s1)N1CCN(C(=O)C2CC2)CC1. The number of carbonyl (C=O) groups excluding carboxylic acids is 2. The normalized spacial score (nSPS) is 17.7. The number of benzene rings is 1. The first kappa shape index (κ1) is 17.5. The number of piperazine rings is 1. The van der Waals surface area contributed by atoms with Crippen LogP contribution in [0.25, 0.3) is 10.2 Å². The highest BCUT2D eigenvalue weighted by atomic mass is 32.1. The van der Waals surface area contributed by atoms with Crippen molar-refractivity contribution in [3.8, 4) is 0 Å². The molecule has 1 aliphatic carbocycles. The third-order valence-electron chi connectivity index (χ3n) is 5.24. The van der Waals surface area contributed by atoms with Gasteiger partial charge in [-0.1, -0.05) is 12.1 Å². The Morgan fingerprint density at radius 2 is 1.77 bits per heavy atom. The third-order valence-corrected chi connectivity index (χ3v) is 6.34. The van der Waals surface area contributed by atoms with E-state index in [-0.39, 0.29) is 11.8 Å². The Morgan fingerprint density at radius 3 is 2.50 bits per heavy atom. The number of rotatable bonds is 6. The fourth-order valence-electron chi connectivity index (χ4n) is 3.50. The molecule has 2 heterocycles. The molecular formula is C20H25N3O2S. The van der Waals surface area contributed by atoms with Gasteiger partial charge in [-0.15, -0.1) is 11.3 Å². The summed E-state index contributed by atoms with van der Waals surface area (Å²) < 4.78 is 1.23. The molecule has 2 aromatic rings. The van der Waals surface area contributed by atoms with Crippen molar-refractivity contribution >= 4 is 33.4 Å². The Hall–Kier alpha value is -1.95. The van der Waals surface area contributed by atoms with Crippen molar-refractivity contribution in [3.63, 3.8) is 0 Å². The Kier molecular flexibility index (Phi) is 5.20. The maximum atomic E-state index is 12.4. The molecule has 5 nitrogen and oxygen atoms in total. The van der Waals surface area contributed by atoms with Crippen LogP contribution in [0.3, 0.4) is 0 Å². The van der Waals surface area contributed by atoms with Crippen LogP contribution in [0.2, 0.25) is 0 Å². The van der Waals surface area contributed by atoms with Gasteiger partial charge in [-0.3, -0.25) is 9.59 Å². The topological polar surface area (TPSA) is 53.5 Å². The standard InChI is InChI=1S/C20H25N3O2S/c24-19(22-11-13-23(14-12-22)20(25)15-9-10-15)8-4-3-7-18-21-16-5-1-2-6-17(16)26-18/h1-2,5-6,15H,3-4,7-14H2. The monoisotopic (exact) mass is 371 g/mol. The van der Waals surface area contributed by atoms with Gasteiger partial charge in [-0.05, 0) is 44.2 Å². The highest BCUT2D eigenvalue weighted by molar-refractivity contribution is 7.18. The first-order valence-electron chi connectivity index (χ1n) is 9.62. The molecule has 1 aromatic heterocycles. The van der Waals surface area contributed by atoms with Gasteiger partial charge in [0, 0.05) is 38.5 Å². The molecule has 6 heteroatoms. The van der Waals surface area contributed by atoms with Crippen molar-refractivity contribution in [2.24, 2.45) is 5.92 Å². The number of nitrogens with zero attached hydrogens (tertiary/aromatic N) is 3. The highest BCUT2D eigenvalue weighted by Gasteiger charge is 2.35. The summed E-state index contributed by atoms with van der Waals surface area (Å²) in [6.07, 6.45) is 5.53. The predicted octanol–water partition coefficient (Wildman–Crippen LogP) is 3.09. The van der Waals surface area contributed by atoms with Crippen LogP contribution >= 0.6 is 11.3 Å². The average Bonchev–Trinajstić information content (AvgIpc) is 3.44. The Bertz CT molecular complexity index is 758. The summed E-state index contributed by atoms with van der Waals surface area (Å²) in [6, 6.07) is 8.21. The second-order valence-electron chi connectivity index (χ2n) is 7.26. The van der Waals surface area contributed by atoms with Crippen LogP contribution in [0, 0.1) is 5.92 Å². The van der Waals surface area contributed by atoms with Gasteiger partial charge in [0.15, 0.2) is 0 Å². The predicted molar refractivity (Wildman–Crippen MR) is 103 cm³/mol. The van der Waals surface area contributed by atoms with E-state index < -0.39 is 0 Å². The Balaban J connectivity index is 1.17. The second-order valence-corrected chi connectivity index (χ2v) is 8.38. The van der Waals surface area contributed by atoms with E-state index in [4.69, 9.17) is 0 Å². The number of hydrogen-bond acceptors (Lipinski definition) is 4.